The molecule has 0 radical (unpaired) electrons. The molecule has 2 heterocycles. The van der Waals surface area contributed by atoms with E-state index in [4.69, 9.17) is 16.0 Å². The predicted molar refractivity (Wildman–Crippen MR) is 124 cm³/mol. The summed E-state index contributed by atoms with van der Waals surface area (Å²) in [5.41, 5.74) is 3.19. The Morgan fingerprint density at radius 2 is 1.66 bits per heavy atom. The number of nitrogens with zero attached hydrogens (tertiary/aromatic N) is 1. The largest absolute Gasteiger partial charge is 0.450 e. The maximum atomic E-state index is 13.6. The summed E-state index contributed by atoms with van der Waals surface area (Å²) in [5.74, 6) is -0.447. The highest BCUT2D eigenvalue weighted by Crippen LogP contribution is 2.41. The summed E-state index contributed by atoms with van der Waals surface area (Å²) in [6.07, 6.45) is 0. The van der Waals surface area contributed by atoms with Gasteiger partial charge < -0.3 is 4.42 Å². The lowest BCUT2D eigenvalue weighted by molar-refractivity contribution is 0.0970. The van der Waals surface area contributed by atoms with Crippen LogP contribution in [0.15, 0.2) is 75.9 Å². The van der Waals surface area contributed by atoms with E-state index in [1.807, 2.05) is 13.0 Å². The summed E-state index contributed by atoms with van der Waals surface area (Å²) in [6.45, 7) is 3.38. The van der Waals surface area contributed by atoms with Crippen LogP contribution in [0.2, 0.25) is 5.02 Å². The molecule has 0 aliphatic carbocycles. The fourth-order valence-electron chi connectivity index (χ4n) is 4.17. The molecular formula is C26H18ClNO4. The lowest BCUT2D eigenvalue weighted by atomic mass is 9.98. The van der Waals surface area contributed by atoms with Crippen LogP contribution >= 0.6 is 11.6 Å². The van der Waals surface area contributed by atoms with Crippen molar-refractivity contribution < 1.29 is 14.0 Å². The number of rotatable bonds is 3. The molecule has 1 aliphatic rings. The Hall–Kier alpha value is -3.70. The SMILES string of the molecule is CC(=O)c1ccc(N2C(=O)c3oc4ccc(C)cc4c(=O)c3C2c2ccc(Cl)cc2)cc1. The van der Waals surface area contributed by atoms with Crippen molar-refractivity contribution in [1.82, 2.24) is 0 Å². The van der Waals surface area contributed by atoms with Crippen LogP contribution in [-0.4, -0.2) is 11.7 Å². The van der Waals surface area contributed by atoms with E-state index in [1.54, 1.807) is 60.7 Å². The quantitative estimate of drug-likeness (QED) is 0.380. The third-order valence-corrected chi connectivity index (χ3v) is 6.02. The van der Waals surface area contributed by atoms with Crippen LogP contribution in [0.25, 0.3) is 11.0 Å². The molecule has 0 fully saturated rings. The number of aryl methyl sites for hydroxylation is 1. The average molecular weight is 444 g/mol. The van der Waals surface area contributed by atoms with Crippen LogP contribution in [-0.2, 0) is 0 Å². The van der Waals surface area contributed by atoms with E-state index in [9.17, 15) is 14.4 Å². The number of ketones is 1. The third-order valence-electron chi connectivity index (χ3n) is 5.76. The van der Waals surface area contributed by atoms with Crippen molar-refractivity contribution >= 4 is 39.9 Å². The Morgan fingerprint density at radius 1 is 0.969 bits per heavy atom. The molecule has 1 atom stereocenters. The minimum absolute atomic E-state index is 0.0296. The normalized spacial score (nSPS) is 15.3. The standard InChI is InChI=1S/C26H18ClNO4/c1-14-3-12-21-20(13-14)24(30)22-23(17-4-8-18(27)9-5-17)28(26(31)25(22)32-21)19-10-6-16(7-11-19)15(2)29/h3-13,23H,1-2H3. The van der Waals surface area contributed by atoms with Gasteiger partial charge in [-0.1, -0.05) is 35.4 Å². The Bertz CT molecular complexity index is 1450. The zero-order valence-corrected chi connectivity index (χ0v) is 18.1. The highest BCUT2D eigenvalue weighted by Gasteiger charge is 2.43. The lowest BCUT2D eigenvalue weighted by Crippen LogP contribution is -2.29. The van der Waals surface area contributed by atoms with Gasteiger partial charge in [0, 0.05) is 16.3 Å². The van der Waals surface area contributed by atoms with Crippen molar-refractivity contribution in [2.45, 2.75) is 19.9 Å². The van der Waals surface area contributed by atoms with Crippen molar-refractivity contribution in [3.63, 3.8) is 0 Å². The van der Waals surface area contributed by atoms with Gasteiger partial charge in [-0.3, -0.25) is 19.3 Å². The second-order valence-electron chi connectivity index (χ2n) is 7.91. The molecule has 0 bridgehead atoms. The molecule has 1 aromatic heterocycles. The molecule has 3 aromatic carbocycles. The van der Waals surface area contributed by atoms with Gasteiger partial charge in [0.05, 0.1) is 17.0 Å². The van der Waals surface area contributed by atoms with Gasteiger partial charge in [0.15, 0.2) is 11.2 Å². The number of Topliss-reactive ketones (excluding diaryl/α,β-unsaturated/α-hetero) is 1. The first-order chi connectivity index (χ1) is 15.3. The Balaban J connectivity index is 1.77. The van der Waals surface area contributed by atoms with Crippen LogP contribution in [0.5, 0.6) is 0 Å². The van der Waals surface area contributed by atoms with Crippen LogP contribution in [0.1, 0.15) is 50.6 Å². The van der Waals surface area contributed by atoms with Crippen molar-refractivity contribution in [3.8, 4) is 0 Å². The van der Waals surface area contributed by atoms with Gasteiger partial charge in [0.2, 0.25) is 5.76 Å². The Labute approximate surface area is 188 Å². The first-order valence-corrected chi connectivity index (χ1v) is 10.5. The predicted octanol–water partition coefficient (Wildman–Crippen LogP) is 5.71. The summed E-state index contributed by atoms with van der Waals surface area (Å²) in [4.78, 5) is 40.3. The van der Waals surface area contributed by atoms with Gasteiger partial charge in [-0.25, -0.2) is 0 Å². The van der Waals surface area contributed by atoms with Crippen LogP contribution in [0.4, 0.5) is 5.69 Å². The van der Waals surface area contributed by atoms with Crippen LogP contribution < -0.4 is 10.3 Å². The van der Waals surface area contributed by atoms with Gasteiger partial charge in [0.25, 0.3) is 5.91 Å². The molecule has 4 aromatic rings. The summed E-state index contributed by atoms with van der Waals surface area (Å²) in [6, 6.07) is 18.4. The molecule has 5 rings (SSSR count). The number of hydrogen-bond donors (Lipinski definition) is 0. The molecule has 158 valence electrons. The van der Waals surface area contributed by atoms with Gasteiger partial charge >= 0.3 is 0 Å². The first-order valence-electron chi connectivity index (χ1n) is 10.1. The smallest absolute Gasteiger partial charge is 0.295 e. The maximum Gasteiger partial charge on any atom is 0.295 e. The van der Waals surface area contributed by atoms with Crippen LogP contribution in [0, 0.1) is 6.92 Å². The molecule has 5 nitrogen and oxygen atoms in total. The minimum Gasteiger partial charge on any atom is -0.450 e. The zero-order valence-electron chi connectivity index (χ0n) is 17.4. The number of hydrogen-bond acceptors (Lipinski definition) is 4. The maximum absolute atomic E-state index is 13.6. The van der Waals surface area contributed by atoms with E-state index in [1.165, 1.54) is 11.8 Å². The van der Waals surface area contributed by atoms with Gasteiger partial charge in [0.1, 0.15) is 5.58 Å². The molecule has 1 aliphatic heterocycles. The first kappa shape index (κ1) is 20.2. The summed E-state index contributed by atoms with van der Waals surface area (Å²) >= 11 is 6.08. The van der Waals surface area contributed by atoms with Crippen molar-refractivity contribution in [2.24, 2.45) is 0 Å². The molecule has 6 heteroatoms. The van der Waals surface area contributed by atoms with Crippen molar-refractivity contribution in [3.05, 3.63) is 110 Å². The average Bonchev–Trinajstić information content (AvgIpc) is 3.07. The zero-order chi connectivity index (χ0) is 22.6. The highest BCUT2D eigenvalue weighted by atomic mass is 35.5. The highest BCUT2D eigenvalue weighted by molar-refractivity contribution is 6.30. The number of fused-ring (bicyclic) bond motifs is 2. The molecule has 1 unspecified atom stereocenters. The lowest BCUT2D eigenvalue weighted by Gasteiger charge is -2.25. The second kappa shape index (κ2) is 7.46. The Kier molecular flexibility index (Phi) is 4.72. The molecule has 0 N–H and O–H groups in total. The monoisotopic (exact) mass is 443 g/mol. The summed E-state index contributed by atoms with van der Waals surface area (Å²) < 4.78 is 5.97. The Morgan fingerprint density at radius 3 is 2.31 bits per heavy atom. The molecule has 0 saturated carbocycles. The fraction of sp³-hybridized carbons (Fsp3) is 0.115. The van der Waals surface area contributed by atoms with E-state index < -0.39 is 11.9 Å². The van der Waals surface area contributed by atoms with E-state index in [-0.39, 0.29) is 17.0 Å². The topological polar surface area (TPSA) is 67.6 Å². The number of anilines is 1. The van der Waals surface area contributed by atoms with Gasteiger partial charge in [-0.2, -0.15) is 0 Å². The fourth-order valence-corrected chi connectivity index (χ4v) is 4.30. The third kappa shape index (κ3) is 3.13. The van der Waals surface area contributed by atoms with Gasteiger partial charge in [-0.15, -0.1) is 0 Å². The van der Waals surface area contributed by atoms with Crippen LogP contribution in [0.3, 0.4) is 0 Å². The molecule has 32 heavy (non-hydrogen) atoms. The van der Waals surface area contributed by atoms with E-state index in [2.05, 4.69) is 0 Å². The molecule has 1 amide bonds. The molecule has 0 saturated heterocycles. The van der Waals surface area contributed by atoms with Gasteiger partial charge in [-0.05, 0) is 67.9 Å². The summed E-state index contributed by atoms with van der Waals surface area (Å²) in [7, 11) is 0. The number of amides is 1. The number of carbonyl (C=O) groups is 2. The van der Waals surface area contributed by atoms with Crippen molar-refractivity contribution in [2.75, 3.05) is 4.90 Å². The number of benzene rings is 3. The van der Waals surface area contributed by atoms with E-state index in [0.717, 1.165) is 11.1 Å². The van der Waals surface area contributed by atoms with Crippen molar-refractivity contribution in [1.29, 1.82) is 0 Å². The van der Waals surface area contributed by atoms with E-state index >= 15 is 0 Å². The minimum atomic E-state index is -0.681. The molecule has 0 spiro atoms. The number of carbonyl (C=O) groups excluding carboxylic acids is 2. The van der Waals surface area contributed by atoms with E-state index in [0.29, 0.717) is 32.8 Å². The molecular weight excluding hydrogens is 426 g/mol. The second-order valence-corrected chi connectivity index (χ2v) is 8.34. The number of halogens is 1. The summed E-state index contributed by atoms with van der Waals surface area (Å²) in [5, 5.41) is 0.987.